The SMILES string of the molecule is [N-]=[N+]=Nc1ccc(NCCCCN[C@H]2C[C@](O)(CO)[C@@H](O)[C@H](O)[C@H]2O)c([N+](=O)[O-])c1. The number of nitrogens with zero attached hydrogens (tertiary/aromatic N) is 4. The van der Waals surface area contributed by atoms with Gasteiger partial charge in [-0.05, 0) is 37.4 Å². The van der Waals surface area contributed by atoms with Crippen molar-refractivity contribution in [2.24, 2.45) is 5.11 Å². The van der Waals surface area contributed by atoms with E-state index in [2.05, 4.69) is 20.7 Å². The van der Waals surface area contributed by atoms with Crippen LogP contribution in [0.1, 0.15) is 19.3 Å². The molecular formula is C17H26N6O7. The minimum absolute atomic E-state index is 0.134. The van der Waals surface area contributed by atoms with Gasteiger partial charge in [-0.3, -0.25) is 10.1 Å². The van der Waals surface area contributed by atoms with Gasteiger partial charge in [0, 0.05) is 29.3 Å². The molecule has 1 aromatic rings. The van der Waals surface area contributed by atoms with E-state index in [4.69, 9.17) is 5.53 Å². The molecule has 0 saturated heterocycles. The molecule has 0 aromatic heterocycles. The van der Waals surface area contributed by atoms with Crippen molar-refractivity contribution in [3.8, 4) is 0 Å². The minimum atomic E-state index is -1.90. The first kappa shape index (κ1) is 23.8. The Hall–Kier alpha value is -2.51. The van der Waals surface area contributed by atoms with Crippen molar-refractivity contribution in [2.75, 3.05) is 25.0 Å². The summed E-state index contributed by atoms with van der Waals surface area (Å²) < 4.78 is 0. The summed E-state index contributed by atoms with van der Waals surface area (Å²) in [6.07, 6.45) is -3.46. The number of anilines is 1. The van der Waals surface area contributed by atoms with Crippen LogP contribution >= 0.6 is 0 Å². The van der Waals surface area contributed by atoms with Crippen molar-refractivity contribution in [3.63, 3.8) is 0 Å². The predicted octanol–water partition coefficient (Wildman–Crippen LogP) is -0.103. The molecule has 5 atom stereocenters. The Morgan fingerprint density at radius 3 is 2.60 bits per heavy atom. The van der Waals surface area contributed by atoms with E-state index in [1.54, 1.807) is 0 Å². The summed E-state index contributed by atoms with van der Waals surface area (Å²) in [6.45, 7) is 0.0709. The molecule has 0 bridgehead atoms. The molecule has 166 valence electrons. The molecule has 1 aromatic carbocycles. The Morgan fingerprint density at radius 1 is 1.27 bits per heavy atom. The van der Waals surface area contributed by atoms with E-state index in [1.165, 1.54) is 18.2 Å². The van der Waals surface area contributed by atoms with Crippen molar-refractivity contribution >= 4 is 17.1 Å². The van der Waals surface area contributed by atoms with Gasteiger partial charge in [0.2, 0.25) is 0 Å². The van der Waals surface area contributed by atoms with Crippen LogP contribution < -0.4 is 10.6 Å². The van der Waals surface area contributed by atoms with Gasteiger partial charge >= 0.3 is 0 Å². The van der Waals surface area contributed by atoms with Crippen LogP contribution in [0.5, 0.6) is 0 Å². The van der Waals surface area contributed by atoms with Crippen molar-refractivity contribution < 1.29 is 30.5 Å². The van der Waals surface area contributed by atoms with Gasteiger partial charge in [0.25, 0.3) is 5.69 Å². The molecule has 1 aliphatic rings. The first-order valence-corrected chi connectivity index (χ1v) is 9.41. The fraction of sp³-hybridized carbons (Fsp3) is 0.647. The number of rotatable bonds is 10. The average molecular weight is 426 g/mol. The maximum absolute atomic E-state index is 11.2. The normalized spacial score (nSPS) is 28.6. The predicted molar refractivity (Wildman–Crippen MR) is 106 cm³/mol. The van der Waals surface area contributed by atoms with Gasteiger partial charge in [-0.1, -0.05) is 11.2 Å². The lowest BCUT2D eigenvalue weighted by Gasteiger charge is -2.45. The second-order valence-corrected chi connectivity index (χ2v) is 7.23. The van der Waals surface area contributed by atoms with Crippen molar-refractivity contribution in [1.29, 1.82) is 0 Å². The Balaban J connectivity index is 1.81. The molecule has 1 saturated carbocycles. The maximum atomic E-state index is 11.2. The molecule has 1 aliphatic carbocycles. The lowest BCUT2D eigenvalue weighted by atomic mass is 9.76. The van der Waals surface area contributed by atoms with Gasteiger partial charge in [-0.15, -0.1) is 0 Å². The minimum Gasteiger partial charge on any atom is -0.393 e. The molecule has 13 nitrogen and oxygen atoms in total. The summed E-state index contributed by atoms with van der Waals surface area (Å²) in [6, 6.07) is 3.38. The van der Waals surface area contributed by atoms with E-state index in [1.807, 2.05) is 0 Å². The molecule has 1 fully saturated rings. The second kappa shape index (κ2) is 10.5. The van der Waals surface area contributed by atoms with Crippen molar-refractivity contribution in [2.45, 2.75) is 49.2 Å². The zero-order valence-electron chi connectivity index (χ0n) is 16.1. The average Bonchev–Trinajstić information content (AvgIpc) is 2.73. The van der Waals surface area contributed by atoms with Gasteiger partial charge in [0.05, 0.1) is 17.6 Å². The molecule has 2 rings (SSSR count). The number of azide groups is 1. The van der Waals surface area contributed by atoms with Crippen LogP contribution in [-0.2, 0) is 0 Å². The summed E-state index contributed by atoms with van der Waals surface area (Å²) in [4.78, 5) is 13.2. The van der Waals surface area contributed by atoms with Crippen LogP contribution in [0.15, 0.2) is 23.3 Å². The van der Waals surface area contributed by atoms with Gasteiger partial charge in [0.1, 0.15) is 23.5 Å². The van der Waals surface area contributed by atoms with E-state index in [9.17, 15) is 35.6 Å². The number of hydrogen-bond donors (Lipinski definition) is 7. The number of nitrogens with one attached hydrogen (secondary N) is 2. The molecule has 0 aliphatic heterocycles. The Bertz CT molecular complexity index is 790. The van der Waals surface area contributed by atoms with Gasteiger partial charge in [-0.2, -0.15) is 0 Å². The molecule has 13 heteroatoms. The maximum Gasteiger partial charge on any atom is 0.292 e. The molecule has 0 amide bonds. The molecule has 0 radical (unpaired) electrons. The third-order valence-corrected chi connectivity index (χ3v) is 5.15. The highest BCUT2D eigenvalue weighted by molar-refractivity contribution is 5.66. The van der Waals surface area contributed by atoms with Crippen LogP contribution in [0, 0.1) is 10.1 Å². The number of aliphatic hydroxyl groups is 5. The number of hydrogen-bond acceptors (Lipinski definition) is 10. The molecule has 7 N–H and O–H groups in total. The molecule has 30 heavy (non-hydrogen) atoms. The molecule has 0 unspecified atom stereocenters. The van der Waals surface area contributed by atoms with E-state index in [0.29, 0.717) is 25.9 Å². The highest BCUT2D eigenvalue weighted by atomic mass is 16.6. The van der Waals surface area contributed by atoms with Crippen LogP contribution in [0.4, 0.5) is 17.1 Å². The zero-order chi connectivity index (χ0) is 22.3. The van der Waals surface area contributed by atoms with Gasteiger partial charge in [0.15, 0.2) is 0 Å². The monoisotopic (exact) mass is 426 g/mol. The van der Waals surface area contributed by atoms with E-state index < -0.39 is 41.5 Å². The fourth-order valence-corrected chi connectivity index (χ4v) is 3.41. The number of nitro benzene ring substituents is 1. The van der Waals surface area contributed by atoms with Crippen LogP contribution in [-0.4, -0.2) is 80.1 Å². The second-order valence-electron chi connectivity index (χ2n) is 7.23. The van der Waals surface area contributed by atoms with Crippen LogP contribution in [0.25, 0.3) is 10.4 Å². The Morgan fingerprint density at radius 2 is 1.97 bits per heavy atom. The summed E-state index contributed by atoms with van der Waals surface area (Å²) in [7, 11) is 0. The highest BCUT2D eigenvalue weighted by Crippen LogP contribution is 2.30. The first-order chi connectivity index (χ1) is 14.2. The Kier molecular flexibility index (Phi) is 8.32. The molecular weight excluding hydrogens is 400 g/mol. The van der Waals surface area contributed by atoms with Crippen molar-refractivity contribution in [1.82, 2.24) is 5.32 Å². The summed E-state index contributed by atoms with van der Waals surface area (Å²) >= 11 is 0. The van der Waals surface area contributed by atoms with E-state index in [0.717, 1.165) is 0 Å². The summed E-state index contributed by atoms with van der Waals surface area (Å²) in [5, 5.41) is 69.7. The highest BCUT2D eigenvalue weighted by Gasteiger charge is 2.50. The van der Waals surface area contributed by atoms with Crippen molar-refractivity contribution in [3.05, 3.63) is 38.8 Å². The van der Waals surface area contributed by atoms with Gasteiger partial charge in [-0.25, -0.2) is 0 Å². The van der Waals surface area contributed by atoms with Crippen LogP contribution in [0.3, 0.4) is 0 Å². The molecule has 0 spiro atoms. The first-order valence-electron chi connectivity index (χ1n) is 9.41. The van der Waals surface area contributed by atoms with E-state index >= 15 is 0 Å². The third kappa shape index (κ3) is 5.55. The Labute approximate surface area is 171 Å². The number of nitro groups is 1. The number of unbranched alkanes of at least 4 members (excludes halogenated alkanes) is 1. The number of aliphatic hydroxyl groups excluding tert-OH is 4. The number of benzene rings is 1. The topological polar surface area (TPSA) is 217 Å². The third-order valence-electron chi connectivity index (χ3n) is 5.15. The summed E-state index contributed by atoms with van der Waals surface area (Å²) in [5.74, 6) is 0. The fourth-order valence-electron chi connectivity index (χ4n) is 3.41. The lowest BCUT2D eigenvalue weighted by Crippen LogP contribution is -2.67. The van der Waals surface area contributed by atoms with Crippen LogP contribution in [0.2, 0.25) is 0 Å². The smallest absolute Gasteiger partial charge is 0.292 e. The largest absolute Gasteiger partial charge is 0.393 e. The van der Waals surface area contributed by atoms with Gasteiger partial charge < -0.3 is 36.2 Å². The summed E-state index contributed by atoms with van der Waals surface area (Å²) in [5.41, 5.74) is 6.74. The molecule has 0 heterocycles. The lowest BCUT2D eigenvalue weighted by molar-refractivity contribution is -0.383. The van der Waals surface area contributed by atoms with E-state index in [-0.39, 0.29) is 23.5 Å². The quantitative estimate of drug-likeness (QED) is 0.0662. The zero-order valence-corrected chi connectivity index (χ0v) is 16.1. The standard InChI is InChI=1S/C17H26N6O7/c18-22-21-10-3-4-11(13(7-10)23(29)30)19-5-1-2-6-20-12-8-17(28,9-24)16(27)15(26)14(12)25/h3-4,7,12,14-16,19-20,24-28H,1-2,5-6,8-9H2/t12-,14-,15+,16-,17-/m0/s1.